The van der Waals surface area contributed by atoms with E-state index >= 15 is 0 Å². The molecule has 3 nitrogen and oxygen atoms in total. The van der Waals surface area contributed by atoms with E-state index in [1.807, 2.05) is 12.1 Å². The fraction of sp³-hybridized carbons (Fsp3) is 0.417. The summed E-state index contributed by atoms with van der Waals surface area (Å²) in [6.45, 7) is 2.07. The van der Waals surface area contributed by atoms with E-state index in [-0.39, 0.29) is 0 Å². The fourth-order valence-electron chi connectivity index (χ4n) is 1.84. The van der Waals surface area contributed by atoms with Gasteiger partial charge in [-0.25, -0.2) is 4.79 Å². The number of aliphatic carboxylic acids is 1. The van der Waals surface area contributed by atoms with Crippen LogP contribution >= 0.6 is 0 Å². The largest absolute Gasteiger partial charge is 0.479 e. The number of carboxylic acid groups (broad SMARTS) is 1. The zero-order valence-electron chi connectivity index (χ0n) is 8.64. The molecule has 0 amide bonds. The minimum Gasteiger partial charge on any atom is -0.479 e. The van der Waals surface area contributed by atoms with Gasteiger partial charge in [0.25, 0.3) is 0 Å². The summed E-state index contributed by atoms with van der Waals surface area (Å²) in [4.78, 5) is 10.5. The van der Waals surface area contributed by atoms with Gasteiger partial charge in [-0.05, 0) is 24.5 Å². The topological polar surface area (TPSA) is 46.5 Å². The lowest BCUT2D eigenvalue weighted by Crippen LogP contribution is -2.27. The molecule has 0 heterocycles. The van der Waals surface area contributed by atoms with E-state index in [4.69, 9.17) is 9.84 Å². The van der Waals surface area contributed by atoms with Crippen LogP contribution in [-0.2, 0) is 16.0 Å². The second-order valence-electron chi connectivity index (χ2n) is 3.91. The quantitative estimate of drug-likeness (QED) is 0.817. The molecule has 0 saturated heterocycles. The number of rotatable bonds is 4. The Morgan fingerprint density at radius 1 is 1.60 bits per heavy atom. The molecular formula is C12H14O3. The maximum Gasteiger partial charge on any atom is 0.332 e. The molecule has 2 rings (SSSR count). The van der Waals surface area contributed by atoms with Crippen molar-refractivity contribution in [2.24, 2.45) is 0 Å². The molecule has 0 aromatic heterocycles. The molecule has 2 atom stereocenters. The van der Waals surface area contributed by atoms with Gasteiger partial charge in [0.1, 0.15) is 0 Å². The third-order valence-corrected chi connectivity index (χ3v) is 2.86. The highest BCUT2D eigenvalue weighted by molar-refractivity contribution is 5.71. The average Bonchev–Trinajstić information content (AvgIpc) is 2.19. The number of fused-ring (bicyclic) bond motifs is 1. The van der Waals surface area contributed by atoms with Gasteiger partial charge in [0.15, 0.2) is 6.10 Å². The molecule has 0 bridgehead atoms. The molecule has 0 spiro atoms. The van der Waals surface area contributed by atoms with Gasteiger partial charge in [-0.15, -0.1) is 0 Å². The third kappa shape index (κ3) is 2.02. The highest BCUT2D eigenvalue weighted by Crippen LogP contribution is 2.34. The fourth-order valence-corrected chi connectivity index (χ4v) is 1.84. The van der Waals surface area contributed by atoms with Crippen LogP contribution in [0.15, 0.2) is 24.3 Å². The van der Waals surface area contributed by atoms with Gasteiger partial charge in [-0.2, -0.15) is 0 Å². The van der Waals surface area contributed by atoms with Crippen molar-refractivity contribution in [3.63, 3.8) is 0 Å². The number of ether oxygens (including phenoxy) is 1. The normalized spacial score (nSPS) is 20.2. The lowest BCUT2D eigenvalue weighted by molar-refractivity contribution is -0.149. The van der Waals surface area contributed by atoms with Crippen molar-refractivity contribution in [2.45, 2.75) is 25.4 Å². The maximum atomic E-state index is 10.5. The van der Waals surface area contributed by atoms with Crippen molar-refractivity contribution in [1.29, 1.82) is 0 Å². The van der Waals surface area contributed by atoms with Gasteiger partial charge in [0.05, 0.1) is 6.61 Å². The number of benzene rings is 1. The van der Waals surface area contributed by atoms with Crippen LogP contribution in [0.2, 0.25) is 0 Å². The van der Waals surface area contributed by atoms with Crippen molar-refractivity contribution in [2.75, 3.05) is 6.61 Å². The van der Waals surface area contributed by atoms with Crippen molar-refractivity contribution in [3.8, 4) is 0 Å². The van der Waals surface area contributed by atoms with Crippen LogP contribution < -0.4 is 0 Å². The summed E-state index contributed by atoms with van der Waals surface area (Å²) in [5, 5.41) is 8.66. The van der Waals surface area contributed by atoms with Gasteiger partial charge in [-0.3, -0.25) is 0 Å². The van der Waals surface area contributed by atoms with Gasteiger partial charge in [0.2, 0.25) is 0 Å². The monoisotopic (exact) mass is 206 g/mol. The molecule has 0 radical (unpaired) electrons. The smallest absolute Gasteiger partial charge is 0.332 e. The van der Waals surface area contributed by atoms with Gasteiger partial charge >= 0.3 is 5.97 Å². The second kappa shape index (κ2) is 4.03. The lowest BCUT2D eigenvalue weighted by atomic mass is 9.78. The molecule has 80 valence electrons. The van der Waals surface area contributed by atoms with Crippen molar-refractivity contribution in [1.82, 2.24) is 0 Å². The highest BCUT2D eigenvalue weighted by Gasteiger charge is 2.26. The zero-order chi connectivity index (χ0) is 10.8. The second-order valence-corrected chi connectivity index (χ2v) is 3.91. The number of carbonyl (C=O) groups is 1. The summed E-state index contributed by atoms with van der Waals surface area (Å²) < 4.78 is 5.26. The van der Waals surface area contributed by atoms with Crippen LogP contribution in [0.3, 0.4) is 0 Å². The standard InChI is InChI=1S/C12H14O3/c1-8(12(13)14)15-7-10-6-9-4-2-3-5-11(9)10/h2-5,8,10H,6-7H2,1H3,(H,13,14)/t8-,10?/m1/s1. The Labute approximate surface area is 88.7 Å². The van der Waals surface area contributed by atoms with E-state index < -0.39 is 12.1 Å². The van der Waals surface area contributed by atoms with Gasteiger partial charge < -0.3 is 9.84 Å². The molecule has 1 aliphatic rings. The molecular weight excluding hydrogens is 192 g/mol. The molecule has 1 unspecified atom stereocenters. The van der Waals surface area contributed by atoms with Crippen molar-refractivity contribution >= 4 is 5.97 Å². The lowest BCUT2D eigenvalue weighted by Gasteiger charge is -2.30. The molecule has 1 aromatic carbocycles. The Morgan fingerprint density at radius 2 is 2.33 bits per heavy atom. The van der Waals surface area contributed by atoms with Gasteiger partial charge in [0, 0.05) is 5.92 Å². The average molecular weight is 206 g/mol. The Bertz CT molecular complexity index is 373. The predicted molar refractivity (Wildman–Crippen MR) is 55.9 cm³/mol. The first-order valence-corrected chi connectivity index (χ1v) is 5.10. The summed E-state index contributed by atoms with van der Waals surface area (Å²) in [7, 11) is 0. The zero-order valence-corrected chi connectivity index (χ0v) is 8.64. The number of hydrogen-bond acceptors (Lipinski definition) is 2. The minimum absolute atomic E-state index is 0.378. The van der Waals surface area contributed by atoms with E-state index in [2.05, 4.69) is 12.1 Å². The maximum absolute atomic E-state index is 10.5. The summed E-state index contributed by atoms with van der Waals surface area (Å²) in [6, 6.07) is 8.21. The molecule has 1 aliphatic carbocycles. The third-order valence-electron chi connectivity index (χ3n) is 2.86. The first kappa shape index (κ1) is 10.2. The van der Waals surface area contributed by atoms with E-state index in [0.29, 0.717) is 12.5 Å². The summed E-state index contributed by atoms with van der Waals surface area (Å²) >= 11 is 0. The molecule has 3 heteroatoms. The van der Waals surface area contributed by atoms with Crippen molar-refractivity contribution < 1.29 is 14.6 Å². The predicted octanol–water partition coefficient (Wildman–Crippen LogP) is 1.82. The summed E-state index contributed by atoms with van der Waals surface area (Å²) in [6.07, 6.45) is 0.292. The van der Waals surface area contributed by atoms with Crippen LogP contribution in [0.1, 0.15) is 24.0 Å². The summed E-state index contributed by atoms with van der Waals surface area (Å²) in [5.41, 5.74) is 2.66. The molecule has 15 heavy (non-hydrogen) atoms. The van der Waals surface area contributed by atoms with Gasteiger partial charge in [-0.1, -0.05) is 24.3 Å². The van der Waals surface area contributed by atoms with Crippen LogP contribution in [0.4, 0.5) is 0 Å². The number of carboxylic acids is 1. The highest BCUT2D eigenvalue weighted by atomic mass is 16.5. The van der Waals surface area contributed by atoms with Crippen LogP contribution in [-0.4, -0.2) is 23.8 Å². The molecule has 0 saturated carbocycles. The first-order chi connectivity index (χ1) is 7.18. The van der Waals surface area contributed by atoms with Crippen LogP contribution in [0.5, 0.6) is 0 Å². The number of hydrogen-bond donors (Lipinski definition) is 1. The Balaban J connectivity index is 1.87. The van der Waals surface area contributed by atoms with E-state index in [1.165, 1.54) is 11.1 Å². The van der Waals surface area contributed by atoms with E-state index in [1.54, 1.807) is 6.92 Å². The Morgan fingerprint density at radius 3 is 3.00 bits per heavy atom. The molecule has 1 N–H and O–H groups in total. The van der Waals surface area contributed by atoms with E-state index in [9.17, 15) is 4.79 Å². The van der Waals surface area contributed by atoms with Crippen LogP contribution in [0, 0.1) is 0 Å². The molecule has 0 fully saturated rings. The molecule has 0 aliphatic heterocycles. The first-order valence-electron chi connectivity index (χ1n) is 5.10. The molecule has 1 aromatic rings. The minimum atomic E-state index is -0.900. The van der Waals surface area contributed by atoms with E-state index in [0.717, 1.165) is 6.42 Å². The summed E-state index contributed by atoms with van der Waals surface area (Å²) in [5.74, 6) is -0.523. The SMILES string of the molecule is C[C@@H](OCC1Cc2ccccc21)C(=O)O. The van der Waals surface area contributed by atoms with Crippen LogP contribution in [0.25, 0.3) is 0 Å². The van der Waals surface area contributed by atoms with Crippen molar-refractivity contribution in [3.05, 3.63) is 35.4 Å². The Hall–Kier alpha value is -1.35. The Kier molecular flexibility index (Phi) is 2.73.